The highest BCUT2D eigenvalue weighted by Gasteiger charge is 2.51. The zero-order valence-corrected chi connectivity index (χ0v) is 25.0. The van der Waals surface area contributed by atoms with E-state index >= 15 is 0 Å². The maximum Gasteiger partial charge on any atom is 0.315 e. The van der Waals surface area contributed by atoms with Gasteiger partial charge < -0.3 is 20.8 Å². The number of carbonyl (C=O) groups excluding carboxylic acids is 2. The number of ether oxygens (including phenoxy) is 1. The van der Waals surface area contributed by atoms with Gasteiger partial charge in [-0.15, -0.1) is 12.4 Å². The van der Waals surface area contributed by atoms with Crippen molar-refractivity contribution in [1.82, 2.24) is 20.4 Å². The van der Waals surface area contributed by atoms with Gasteiger partial charge in [-0.1, -0.05) is 66.7 Å². The third-order valence-electron chi connectivity index (χ3n) is 8.43. The average molecular weight is 617 g/mol. The van der Waals surface area contributed by atoms with Gasteiger partial charge in [0.15, 0.2) is 17.4 Å². The Kier molecular flexibility index (Phi) is 11.8. The number of nitrogens with one attached hydrogen (secondary N) is 2. The molecule has 0 spiro atoms. The number of Topliss-reactive ketones (excluding diaryl/α,β-unsaturated/α-hetero) is 1. The first-order valence-corrected chi connectivity index (χ1v) is 14.0. The van der Waals surface area contributed by atoms with Crippen LogP contribution in [0.15, 0.2) is 78.9 Å². The Morgan fingerprint density at radius 1 is 0.884 bits per heavy atom. The van der Waals surface area contributed by atoms with E-state index in [9.17, 15) is 18.4 Å². The lowest BCUT2D eigenvalue weighted by atomic mass is 9.75. The number of carbonyl (C=O) groups is 2. The topological polar surface area (TPSA) is 105 Å². The molecule has 1 unspecified atom stereocenters. The highest BCUT2D eigenvalue weighted by atomic mass is 35.5. The lowest BCUT2D eigenvalue weighted by molar-refractivity contribution is -0.0167. The summed E-state index contributed by atoms with van der Waals surface area (Å²) in [5.74, 6) is -2.13. The molecular formula is C32H39ClF2N4O4. The molecule has 2 heterocycles. The fourth-order valence-electron chi connectivity index (χ4n) is 6.18. The molecule has 11 heteroatoms. The van der Waals surface area contributed by atoms with Crippen molar-refractivity contribution in [3.05, 3.63) is 107 Å². The molecule has 5 rings (SSSR count). The summed E-state index contributed by atoms with van der Waals surface area (Å²) in [4.78, 5) is 31.5. The minimum Gasteiger partial charge on any atom is -0.412 e. The fourth-order valence-corrected chi connectivity index (χ4v) is 6.18. The summed E-state index contributed by atoms with van der Waals surface area (Å²) >= 11 is 0. The van der Waals surface area contributed by atoms with Crippen LogP contribution in [0.4, 0.5) is 13.6 Å². The number of hydrogen-bond acceptors (Lipinski definition) is 5. The van der Waals surface area contributed by atoms with E-state index in [1.54, 1.807) is 19.2 Å². The van der Waals surface area contributed by atoms with Crippen LogP contribution in [0.5, 0.6) is 0 Å². The first-order valence-electron chi connectivity index (χ1n) is 14.0. The van der Waals surface area contributed by atoms with Gasteiger partial charge >= 0.3 is 6.03 Å². The monoisotopic (exact) mass is 616 g/mol. The van der Waals surface area contributed by atoms with Crippen LogP contribution in [0.3, 0.4) is 0 Å². The fraction of sp³-hybridized carbons (Fsp3) is 0.375. The number of hydrogen-bond donors (Lipinski definition) is 2. The van der Waals surface area contributed by atoms with E-state index in [1.165, 1.54) is 12.1 Å². The molecule has 43 heavy (non-hydrogen) atoms. The van der Waals surface area contributed by atoms with Crippen LogP contribution in [-0.2, 0) is 15.8 Å². The van der Waals surface area contributed by atoms with E-state index in [0.29, 0.717) is 63.4 Å². The zero-order valence-electron chi connectivity index (χ0n) is 24.2. The lowest BCUT2D eigenvalue weighted by Crippen LogP contribution is -2.64. The summed E-state index contributed by atoms with van der Waals surface area (Å²) in [5.41, 5.74) is -0.0866. The number of piperidine rings is 1. The van der Waals surface area contributed by atoms with Crippen LogP contribution in [0, 0.1) is 11.6 Å². The Balaban J connectivity index is 0.00000253. The van der Waals surface area contributed by atoms with Crippen LogP contribution >= 0.6 is 12.4 Å². The molecule has 0 saturated carbocycles. The van der Waals surface area contributed by atoms with Gasteiger partial charge in [-0.3, -0.25) is 14.6 Å². The molecule has 4 N–H and O–H groups in total. The summed E-state index contributed by atoms with van der Waals surface area (Å²) in [7, 11) is 1.58. The van der Waals surface area contributed by atoms with E-state index in [-0.39, 0.29) is 36.2 Å². The molecule has 2 fully saturated rings. The van der Waals surface area contributed by atoms with E-state index in [0.717, 1.165) is 11.6 Å². The second-order valence-corrected chi connectivity index (χ2v) is 10.7. The molecule has 2 amide bonds. The highest BCUT2D eigenvalue weighted by molar-refractivity contribution is 6.04. The molecule has 0 radical (unpaired) electrons. The molecule has 1 atom stereocenters. The molecule has 8 nitrogen and oxygen atoms in total. The second kappa shape index (κ2) is 14.9. The van der Waals surface area contributed by atoms with Gasteiger partial charge in [0.2, 0.25) is 0 Å². The standard InChI is InChI=1S/C32H36F2N4O3.ClH.H2O/c1-35-30(40)36-31(25-10-6-3-7-11-25)14-16-38(17-15-31)32(23-37-18-20-41-21-19-37,26-12-13-27(33)28(34)22-26)29(39)24-8-4-2-5-9-24;;/h2-13,22H,14-21,23H2,1H3,(H2,35,36,40);1H;1H2. The molecule has 232 valence electrons. The minimum atomic E-state index is -1.30. The summed E-state index contributed by atoms with van der Waals surface area (Å²) in [6, 6.07) is 22.3. The Morgan fingerprint density at radius 2 is 1.49 bits per heavy atom. The lowest BCUT2D eigenvalue weighted by Gasteiger charge is -2.51. The first kappa shape index (κ1) is 34.1. The predicted octanol–water partition coefficient (Wildman–Crippen LogP) is 3.89. The molecule has 0 aromatic heterocycles. The number of halogens is 3. The maximum atomic E-state index is 14.9. The summed E-state index contributed by atoms with van der Waals surface area (Å²) < 4.78 is 34.6. The normalized spacial score (nSPS) is 18.3. The Hall–Kier alpha value is -3.41. The van der Waals surface area contributed by atoms with Gasteiger partial charge in [-0.05, 0) is 36.1 Å². The zero-order chi connectivity index (χ0) is 28.9. The summed E-state index contributed by atoms with van der Waals surface area (Å²) in [6.07, 6.45) is 1.03. The van der Waals surface area contributed by atoms with E-state index in [2.05, 4.69) is 20.4 Å². The number of morpholine rings is 1. The quantitative estimate of drug-likeness (QED) is 0.374. The van der Waals surface area contributed by atoms with Crippen LogP contribution in [0.1, 0.15) is 34.3 Å². The molecule has 3 aromatic rings. The predicted molar refractivity (Wildman–Crippen MR) is 163 cm³/mol. The van der Waals surface area contributed by atoms with Crippen LogP contribution in [0.25, 0.3) is 0 Å². The van der Waals surface area contributed by atoms with Gasteiger partial charge in [0.05, 0.1) is 18.8 Å². The highest BCUT2D eigenvalue weighted by Crippen LogP contribution is 2.41. The molecule has 2 aliphatic heterocycles. The van der Waals surface area contributed by atoms with Crippen molar-refractivity contribution in [2.75, 3.05) is 53.0 Å². The number of benzene rings is 3. The first-order chi connectivity index (χ1) is 19.9. The number of nitrogens with zero attached hydrogens (tertiary/aromatic N) is 2. The van der Waals surface area contributed by atoms with Crippen molar-refractivity contribution in [2.24, 2.45) is 0 Å². The van der Waals surface area contributed by atoms with Crippen molar-refractivity contribution in [3.63, 3.8) is 0 Å². The van der Waals surface area contributed by atoms with Gasteiger partial charge in [-0.25, -0.2) is 13.6 Å². The van der Waals surface area contributed by atoms with Crippen LogP contribution < -0.4 is 10.6 Å². The average Bonchev–Trinajstić information content (AvgIpc) is 3.02. The van der Waals surface area contributed by atoms with Crippen molar-refractivity contribution >= 4 is 24.2 Å². The molecule has 3 aromatic carbocycles. The number of ketones is 1. The van der Waals surface area contributed by atoms with Crippen molar-refractivity contribution in [1.29, 1.82) is 0 Å². The molecule has 2 saturated heterocycles. The molecule has 0 aliphatic carbocycles. The van der Waals surface area contributed by atoms with Gasteiger partial charge in [0.1, 0.15) is 5.54 Å². The largest absolute Gasteiger partial charge is 0.412 e. The maximum absolute atomic E-state index is 14.9. The number of likely N-dealkylation sites (tertiary alicyclic amines) is 1. The van der Waals surface area contributed by atoms with Crippen molar-refractivity contribution in [2.45, 2.75) is 23.9 Å². The molecule has 2 aliphatic rings. The SMILES string of the molecule is CNC(=O)NC1(c2ccccc2)CCN(C(CN2CCOCC2)(C(=O)c2ccccc2)c2ccc(F)c(F)c2)CC1.Cl.O. The van der Waals surface area contributed by atoms with E-state index in [1.807, 2.05) is 48.5 Å². The van der Waals surface area contributed by atoms with E-state index in [4.69, 9.17) is 4.74 Å². The smallest absolute Gasteiger partial charge is 0.315 e. The third kappa shape index (κ3) is 7.05. The van der Waals surface area contributed by atoms with Crippen molar-refractivity contribution in [3.8, 4) is 0 Å². The minimum absolute atomic E-state index is 0. The number of urea groups is 1. The number of amides is 2. The Labute approximate surface area is 257 Å². The third-order valence-corrected chi connectivity index (χ3v) is 8.43. The molecule has 0 bridgehead atoms. The summed E-state index contributed by atoms with van der Waals surface area (Å²) in [6.45, 7) is 3.44. The van der Waals surface area contributed by atoms with Crippen LogP contribution in [-0.4, -0.2) is 80.1 Å². The second-order valence-electron chi connectivity index (χ2n) is 10.7. The van der Waals surface area contributed by atoms with Gasteiger partial charge in [0.25, 0.3) is 0 Å². The molecular weight excluding hydrogens is 578 g/mol. The van der Waals surface area contributed by atoms with Crippen molar-refractivity contribution < 1.29 is 28.6 Å². The Morgan fingerprint density at radius 3 is 2.07 bits per heavy atom. The van der Waals surface area contributed by atoms with Gasteiger partial charge in [-0.2, -0.15) is 0 Å². The Bertz CT molecular complexity index is 1350. The van der Waals surface area contributed by atoms with Gasteiger partial charge in [0, 0.05) is 45.3 Å². The number of rotatable bonds is 8. The van der Waals surface area contributed by atoms with E-state index < -0.39 is 22.7 Å². The summed E-state index contributed by atoms with van der Waals surface area (Å²) in [5, 5.41) is 5.84. The van der Waals surface area contributed by atoms with Crippen LogP contribution in [0.2, 0.25) is 0 Å².